The van der Waals surface area contributed by atoms with Crippen LogP contribution in [0, 0.1) is 36.7 Å². The number of carbonyl (C=O) groups is 5. The van der Waals surface area contributed by atoms with Gasteiger partial charge in [-0.3, -0.25) is 19.2 Å². The van der Waals surface area contributed by atoms with Gasteiger partial charge in [0.15, 0.2) is 0 Å². The Kier molecular flexibility index (Phi) is 15.3. The maximum atomic E-state index is 13.3. The molecule has 2 aliphatic rings. The van der Waals surface area contributed by atoms with Gasteiger partial charge in [-0.1, -0.05) is 48.8 Å². The van der Waals surface area contributed by atoms with Gasteiger partial charge in [0.25, 0.3) is 5.70 Å². The molecule has 0 spiro atoms. The number of allylic oxidation sites excluding steroid dienone is 2. The number of fused-ring (bicyclic) bond motifs is 1. The third kappa shape index (κ3) is 11.7. The number of hydrogen-bond acceptors (Lipinski definition) is 14. The Labute approximate surface area is 321 Å². The van der Waals surface area contributed by atoms with Gasteiger partial charge >= 0.3 is 29.8 Å². The maximum absolute atomic E-state index is 13.3. The lowest BCUT2D eigenvalue weighted by molar-refractivity contribution is -0.152. The van der Waals surface area contributed by atoms with Crippen LogP contribution in [0.1, 0.15) is 56.6 Å². The molecular weight excluding hydrogens is 737 g/mol. The van der Waals surface area contributed by atoms with Gasteiger partial charge in [0.1, 0.15) is 30.5 Å². The number of nitriles is 1. The van der Waals surface area contributed by atoms with Crippen molar-refractivity contribution in [2.75, 3.05) is 19.8 Å². The summed E-state index contributed by atoms with van der Waals surface area (Å²) in [6.07, 6.45) is 2.84. The fourth-order valence-corrected chi connectivity index (χ4v) is 7.91. The van der Waals surface area contributed by atoms with Crippen molar-refractivity contribution in [2.24, 2.45) is 11.8 Å². The van der Waals surface area contributed by atoms with Crippen LogP contribution in [-0.2, 0) is 44.6 Å². The number of thioether (sulfide) groups is 2. The van der Waals surface area contributed by atoms with Crippen LogP contribution in [0.3, 0.4) is 0 Å². The third-order valence-corrected chi connectivity index (χ3v) is 10.7. The summed E-state index contributed by atoms with van der Waals surface area (Å²) in [6, 6.07) is 10.4. The van der Waals surface area contributed by atoms with Crippen molar-refractivity contribution < 1.29 is 52.4 Å². The predicted molar refractivity (Wildman–Crippen MR) is 197 cm³/mol. The van der Waals surface area contributed by atoms with Crippen LogP contribution in [0.15, 0.2) is 75.1 Å². The summed E-state index contributed by atoms with van der Waals surface area (Å²) in [7, 11) is 0. The summed E-state index contributed by atoms with van der Waals surface area (Å²) in [5.41, 5.74) is 1.49. The van der Waals surface area contributed by atoms with Crippen LogP contribution >= 0.6 is 23.5 Å². The molecule has 13 nitrogen and oxygen atoms in total. The smallest absolute Gasteiger partial charge is 0.330 e. The molecule has 1 fully saturated rings. The molecule has 1 aliphatic carbocycles. The van der Waals surface area contributed by atoms with Gasteiger partial charge in [0.05, 0.1) is 63.7 Å². The SMILES string of the molecule is [C-]#[N+]/C(C#N)=C1\Sc2c(OC(=O)C3CCC(C(=O)Oc4ccc(CCOC(=O)CCC(=O)OCCOC(=O)C=C)cc4)CC3)cc(C)c(OC(=C)C)c2S1. The van der Waals surface area contributed by atoms with Crippen LogP contribution in [0.2, 0.25) is 0 Å². The van der Waals surface area contributed by atoms with E-state index in [1.54, 1.807) is 37.3 Å². The van der Waals surface area contributed by atoms with E-state index in [4.69, 9.17) is 35.0 Å². The lowest BCUT2D eigenvalue weighted by atomic mass is 9.82. The molecule has 1 heterocycles. The molecule has 1 saturated carbocycles. The number of nitrogens with zero attached hydrogens (tertiary/aromatic N) is 2. The van der Waals surface area contributed by atoms with Crippen molar-refractivity contribution in [3.8, 4) is 23.3 Å². The fourth-order valence-electron chi connectivity index (χ4n) is 5.38. The van der Waals surface area contributed by atoms with Gasteiger partial charge in [-0.05, 0) is 68.9 Å². The Morgan fingerprint density at radius 1 is 0.889 bits per heavy atom. The van der Waals surface area contributed by atoms with Crippen molar-refractivity contribution in [1.29, 1.82) is 5.26 Å². The molecule has 15 heteroatoms. The first-order valence-electron chi connectivity index (χ1n) is 16.9. The summed E-state index contributed by atoms with van der Waals surface area (Å²) >= 11 is 2.41. The number of rotatable bonds is 16. The van der Waals surface area contributed by atoms with Crippen molar-refractivity contribution >= 4 is 53.4 Å². The Balaban J connectivity index is 1.20. The molecule has 0 N–H and O–H groups in total. The van der Waals surface area contributed by atoms with Gasteiger partial charge in [0, 0.05) is 12.5 Å². The van der Waals surface area contributed by atoms with E-state index in [-0.39, 0.29) is 50.2 Å². The number of carbonyl (C=O) groups excluding carboxylic acids is 5. The normalized spacial score (nSPS) is 16.7. The third-order valence-electron chi connectivity index (χ3n) is 8.11. The minimum Gasteiger partial charge on any atom is -0.465 e. The zero-order valence-corrected chi connectivity index (χ0v) is 31.4. The minimum atomic E-state index is -0.625. The van der Waals surface area contributed by atoms with Crippen molar-refractivity contribution in [3.05, 3.63) is 87.8 Å². The monoisotopic (exact) mass is 774 g/mol. The number of esters is 5. The Bertz CT molecular complexity index is 1900. The van der Waals surface area contributed by atoms with Gasteiger partial charge in [-0.15, -0.1) is 0 Å². The Morgan fingerprint density at radius 2 is 1.46 bits per heavy atom. The highest BCUT2D eigenvalue weighted by Gasteiger charge is 2.35. The quantitative estimate of drug-likeness (QED) is 0.0246. The Morgan fingerprint density at radius 3 is 2.04 bits per heavy atom. The van der Waals surface area contributed by atoms with E-state index in [1.165, 1.54) is 23.5 Å². The Hall–Kier alpha value is -5.51. The molecule has 282 valence electrons. The van der Waals surface area contributed by atoms with Crippen LogP contribution < -0.4 is 14.2 Å². The number of benzene rings is 2. The van der Waals surface area contributed by atoms with Gasteiger partial charge in [-0.2, -0.15) is 0 Å². The van der Waals surface area contributed by atoms with E-state index in [0.29, 0.717) is 74.7 Å². The maximum Gasteiger partial charge on any atom is 0.330 e. The highest BCUT2D eigenvalue weighted by atomic mass is 32.2. The first-order valence-corrected chi connectivity index (χ1v) is 18.6. The molecule has 0 radical (unpaired) electrons. The van der Waals surface area contributed by atoms with Gasteiger partial charge in [0.2, 0.25) is 0 Å². The first kappa shape index (κ1) is 41.2. The summed E-state index contributed by atoms with van der Waals surface area (Å²) < 4.78 is 32.6. The average Bonchev–Trinajstić information content (AvgIpc) is 3.60. The highest BCUT2D eigenvalue weighted by Crippen LogP contribution is 2.60. The highest BCUT2D eigenvalue weighted by molar-refractivity contribution is 8.24. The molecule has 0 amide bonds. The van der Waals surface area contributed by atoms with Crippen molar-refractivity contribution in [2.45, 2.75) is 68.6 Å². The predicted octanol–water partition coefficient (Wildman–Crippen LogP) is 7.17. The van der Waals surface area contributed by atoms with E-state index in [0.717, 1.165) is 11.6 Å². The summed E-state index contributed by atoms with van der Waals surface area (Å²) in [5, 5.41) is 9.43. The molecule has 0 aromatic heterocycles. The zero-order chi connectivity index (χ0) is 39.2. The lowest BCUT2D eigenvalue weighted by Gasteiger charge is -2.26. The summed E-state index contributed by atoms with van der Waals surface area (Å²) in [4.78, 5) is 65.5. The fraction of sp³-hybridized carbons (Fsp3) is 0.359. The molecule has 0 unspecified atom stereocenters. The van der Waals surface area contributed by atoms with E-state index < -0.39 is 29.8 Å². The molecule has 0 atom stereocenters. The number of aryl methyl sites for hydroxylation is 1. The van der Waals surface area contributed by atoms with E-state index in [9.17, 15) is 29.2 Å². The second-order valence-corrected chi connectivity index (χ2v) is 14.4. The molecule has 2 aromatic rings. The molecule has 54 heavy (non-hydrogen) atoms. The average molecular weight is 775 g/mol. The molecule has 1 aliphatic heterocycles. The van der Waals surface area contributed by atoms with Crippen LogP contribution in [0.25, 0.3) is 4.85 Å². The molecule has 0 saturated heterocycles. The van der Waals surface area contributed by atoms with Gasteiger partial charge in [-0.25, -0.2) is 14.9 Å². The zero-order valence-electron chi connectivity index (χ0n) is 29.8. The lowest BCUT2D eigenvalue weighted by Crippen LogP contribution is -2.30. The minimum absolute atomic E-state index is 0.0587. The molecule has 0 bridgehead atoms. The molecular formula is C39H38N2O11S2. The van der Waals surface area contributed by atoms with E-state index in [2.05, 4.69) is 18.0 Å². The topological polar surface area (TPSA) is 169 Å². The second-order valence-electron chi connectivity index (χ2n) is 12.1. The standard InChI is InChI=1S/C39H38N2O11S2/c1-6-31(42)48-19-20-49-33(44)16-15-32(43)47-18-17-25-7-13-28(14-8-25)51-37(45)26-9-11-27(12-10-26)38(46)52-30-21-24(4)34(50-23(2)3)36-35(30)53-39(54-36)29(22-40)41-5/h6-8,13-14,21,26-27H,1-2,9-12,15-20H2,3-4H3/b39-29+. The second kappa shape index (κ2) is 20.1. The summed E-state index contributed by atoms with van der Waals surface area (Å²) in [5.74, 6) is -1.74. The largest absolute Gasteiger partial charge is 0.465 e. The van der Waals surface area contributed by atoms with Crippen molar-refractivity contribution in [1.82, 2.24) is 0 Å². The summed E-state index contributed by atoms with van der Waals surface area (Å²) in [6.45, 7) is 17.8. The van der Waals surface area contributed by atoms with Crippen LogP contribution in [0.4, 0.5) is 0 Å². The number of hydrogen-bond donors (Lipinski definition) is 0. The molecule has 4 rings (SSSR count). The number of ether oxygens (including phenoxy) is 6. The van der Waals surface area contributed by atoms with E-state index >= 15 is 0 Å². The van der Waals surface area contributed by atoms with Gasteiger partial charge < -0.3 is 28.4 Å². The van der Waals surface area contributed by atoms with Crippen LogP contribution in [0.5, 0.6) is 17.2 Å². The van der Waals surface area contributed by atoms with Crippen molar-refractivity contribution in [3.63, 3.8) is 0 Å². The first-order chi connectivity index (χ1) is 25.9. The van der Waals surface area contributed by atoms with E-state index in [1.807, 2.05) is 13.0 Å². The van der Waals surface area contributed by atoms with Crippen LogP contribution in [-0.4, -0.2) is 49.7 Å². The molecule has 2 aromatic carbocycles.